The first-order chi connectivity index (χ1) is 4.91. The van der Waals surface area contributed by atoms with Crippen LogP contribution < -0.4 is 0 Å². The third-order valence-corrected chi connectivity index (χ3v) is 1.71. The van der Waals surface area contributed by atoms with Gasteiger partial charge in [-0.25, -0.2) is 0 Å². The van der Waals surface area contributed by atoms with Crippen molar-refractivity contribution in [2.45, 2.75) is 39.0 Å². The number of hydrogen-bond acceptors (Lipinski definition) is 1. The summed E-state index contributed by atoms with van der Waals surface area (Å²) in [5, 5.41) is 0. The lowest BCUT2D eigenvalue weighted by Crippen LogP contribution is -1.73. The van der Waals surface area contributed by atoms with Gasteiger partial charge in [-0.1, -0.05) is 38.3 Å². The second-order valence-corrected chi connectivity index (χ2v) is 2.87. The predicted molar refractivity (Wildman–Crippen MR) is 51.8 cm³/mol. The minimum absolute atomic E-state index is 0.883. The van der Waals surface area contributed by atoms with Gasteiger partial charge >= 0.3 is 0 Å². The van der Waals surface area contributed by atoms with Gasteiger partial charge in [-0.2, -0.15) is 12.6 Å². The number of thiol groups is 1. The molecule has 0 unspecified atom stereocenters. The first kappa shape index (κ1) is 10.1. The van der Waals surface area contributed by atoms with Crippen LogP contribution >= 0.6 is 12.6 Å². The highest BCUT2D eigenvalue weighted by atomic mass is 32.1. The molecule has 60 valence electrons. The van der Waals surface area contributed by atoms with Gasteiger partial charge in [0.1, 0.15) is 0 Å². The summed E-state index contributed by atoms with van der Waals surface area (Å²) in [6.45, 7) is 2.24. The summed E-state index contributed by atoms with van der Waals surface area (Å²) in [6, 6.07) is 0. The van der Waals surface area contributed by atoms with Crippen LogP contribution in [0.15, 0.2) is 12.2 Å². The van der Waals surface area contributed by atoms with Crippen molar-refractivity contribution >= 4 is 12.6 Å². The topological polar surface area (TPSA) is 0 Å². The molecule has 10 heavy (non-hydrogen) atoms. The minimum atomic E-state index is 0.883. The van der Waals surface area contributed by atoms with E-state index in [2.05, 4.69) is 31.7 Å². The highest BCUT2D eigenvalue weighted by molar-refractivity contribution is 7.80. The molecule has 0 aromatic rings. The van der Waals surface area contributed by atoms with Crippen molar-refractivity contribution in [3.8, 4) is 0 Å². The van der Waals surface area contributed by atoms with Crippen LogP contribution in [-0.2, 0) is 0 Å². The largest absolute Gasteiger partial charge is 0.175 e. The number of allylic oxidation sites excluding steroid dienone is 1. The van der Waals surface area contributed by atoms with Gasteiger partial charge in [0.2, 0.25) is 0 Å². The molecule has 0 aliphatic carbocycles. The summed E-state index contributed by atoms with van der Waals surface area (Å²) in [6.07, 6.45) is 11.0. The zero-order valence-corrected chi connectivity index (χ0v) is 7.74. The van der Waals surface area contributed by atoms with Crippen LogP contribution in [0.2, 0.25) is 0 Å². The molecule has 1 heteroatoms. The summed E-state index contributed by atoms with van der Waals surface area (Å²) >= 11 is 4.08. The maximum absolute atomic E-state index is 4.08. The molecule has 0 rings (SSSR count). The normalized spacial score (nSPS) is 11.0. The van der Waals surface area contributed by atoms with E-state index in [1.54, 1.807) is 0 Å². The van der Waals surface area contributed by atoms with Gasteiger partial charge in [0.15, 0.2) is 0 Å². The monoisotopic (exact) mass is 158 g/mol. The molecule has 0 saturated carbocycles. The Balaban J connectivity index is 2.83. The van der Waals surface area contributed by atoms with Crippen LogP contribution in [0, 0.1) is 0 Å². The van der Waals surface area contributed by atoms with Gasteiger partial charge in [-0.05, 0) is 12.8 Å². The van der Waals surface area contributed by atoms with Gasteiger partial charge < -0.3 is 0 Å². The van der Waals surface area contributed by atoms with Crippen molar-refractivity contribution in [2.75, 3.05) is 5.75 Å². The van der Waals surface area contributed by atoms with E-state index < -0.39 is 0 Å². The second-order valence-electron chi connectivity index (χ2n) is 2.50. The quantitative estimate of drug-likeness (QED) is 0.342. The smallest absolute Gasteiger partial charge is 0.00825 e. The van der Waals surface area contributed by atoms with Crippen LogP contribution in [-0.4, -0.2) is 5.75 Å². The molecule has 0 fully saturated rings. The van der Waals surface area contributed by atoms with Gasteiger partial charge in [0, 0.05) is 5.75 Å². The van der Waals surface area contributed by atoms with Crippen molar-refractivity contribution in [2.24, 2.45) is 0 Å². The molecule has 0 heterocycles. The average Bonchev–Trinajstić information content (AvgIpc) is 1.97. The summed E-state index contributed by atoms with van der Waals surface area (Å²) in [7, 11) is 0. The average molecular weight is 158 g/mol. The Morgan fingerprint density at radius 2 is 1.90 bits per heavy atom. The fraction of sp³-hybridized carbons (Fsp3) is 0.778. The third kappa shape index (κ3) is 8.09. The Bertz CT molecular complexity index is 76.8. The lowest BCUT2D eigenvalue weighted by atomic mass is 10.1. The molecule has 0 aliphatic rings. The zero-order chi connectivity index (χ0) is 7.66. The second kappa shape index (κ2) is 9.09. The van der Waals surface area contributed by atoms with Crippen molar-refractivity contribution in [3.63, 3.8) is 0 Å². The van der Waals surface area contributed by atoms with Crippen molar-refractivity contribution in [3.05, 3.63) is 12.2 Å². The van der Waals surface area contributed by atoms with Crippen LogP contribution in [0.25, 0.3) is 0 Å². The van der Waals surface area contributed by atoms with Crippen LogP contribution in [0.1, 0.15) is 39.0 Å². The Labute approximate surface area is 70.1 Å². The third-order valence-electron chi connectivity index (χ3n) is 1.50. The number of hydrogen-bond donors (Lipinski definition) is 1. The zero-order valence-electron chi connectivity index (χ0n) is 6.84. The van der Waals surface area contributed by atoms with E-state index in [0.717, 1.165) is 5.75 Å². The molecule has 0 aromatic carbocycles. The molecule has 0 atom stereocenters. The number of rotatable bonds is 6. The van der Waals surface area contributed by atoms with E-state index in [1.165, 1.54) is 32.1 Å². The lowest BCUT2D eigenvalue weighted by Gasteiger charge is -1.92. The summed E-state index contributed by atoms with van der Waals surface area (Å²) < 4.78 is 0. The van der Waals surface area contributed by atoms with E-state index in [-0.39, 0.29) is 0 Å². The Morgan fingerprint density at radius 1 is 1.10 bits per heavy atom. The van der Waals surface area contributed by atoms with E-state index >= 15 is 0 Å². The van der Waals surface area contributed by atoms with Gasteiger partial charge in [0.05, 0.1) is 0 Å². The van der Waals surface area contributed by atoms with Gasteiger partial charge in [-0.3, -0.25) is 0 Å². The number of unbranched alkanes of at least 4 members (excludes halogenated alkanes) is 4. The van der Waals surface area contributed by atoms with E-state index in [4.69, 9.17) is 0 Å². The standard InChI is InChI=1S/C9H18S/c1-2-3-4-5-6-7-8-9-10/h7-8,10H,2-6,9H2,1H3/b8-7-. The molecular weight excluding hydrogens is 140 g/mol. The highest BCUT2D eigenvalue weighted by Gasteiger charge is 1.82. The molecule has 0 aliphatic heterocycles. The van der Waals surface area contributed by atoms with E-state index in [1.807, 2.05) is 0 Å². The summed E-state index contributed by atoms with van der Waals surface area (Å²) in [5.41, 5.74) is 0. The Kier molecular flexibility index (Phi) is 9.17. The molecule has 0 N–H and O–H groups in total. The molecule has 0 amide bonds. The predicted octanol–water partition coefficient (Wildman–Crippen LogP) is 3.44. The van der Waals surface area contributed by atoms with Crippen molar-refractivity contribution in [1.29, 1.82) is 0 Å². The van der Waals surface area contributed by atoms with Gasteiger partial charge in [-0.15, -0.1) is 0 Å². The van der Waals surface area contributed by atoms with Crippen LogP contribution in [0.4, 0.5) is 0 Å². The molecule has 0 radical (unpaired) electrons. The van der Waals surface area contributed by atoms with Crippen molar-refractivity contribution < 1.29 is 0 Å². The Morgan fingerprint density at radius 3 is 2.50 bits per heavy atom. The molecule has 0 saturated heterocycles. The van der Waals surface area contributed by atoms with E-state index in [9.17, 15) is 0 Å². The molecule has 0 aromatic heterocycles. The van der Waals surface area contributed by atoms with Crippen molar-refractivity contribution in [1.82, 2.24) is 0 Å². The fourth-order valence-corrected chi connectivity index (χ4v) is 1.03. The van der Waals surface area contributed by atoms with Gasteiger partial charge in [0.25, 0.3) is 0 Å². The van der Waals surface area contributed by atoms with E-state index in [0.29, 0.717) is 0 Å². The van der Waals surface area contributed by atoms with Crippen LogP contribution in [0.3, 0.4) is 0 Å². The SMILES string of the molecule is CCCCCC/C=C\CS. The first-order valence-corrected chi connectivity index (χ1v) is 4.81. The maximum Gasteiger partial charge on any atom is 0.00825 e. The summed E-state index contributed by atoms with van der Waals surface area (Å²) in [4.78, 5) is 0. The molecule has 0 nitrogen and oxygen atoms in total. The lowest BCUT2D eigenvalue weighted by molar-refractivity contribution is 0.674. The minimum Gasteiger partial charge on any atom is -0.175 e. The molecular formula is C9H18S. The first-order valence-electron chi connectivity index (χ1n) is 4.17. The highest BCUT2D eigenvalue weighted by Crippen LogP contribution is 2.02. The fourth-order valence-electron chi connectivity index (χ4n) is 0.881. The summed E-state index contributed by atoms with van der Waals surface area (Å²) in [5.74, 6) is 0.883. The molecule has 0 spiro atoms. The van der Waals surface area contributed by atoms with Crippen LogP contribution in [0.5, 0.6) is 0 Å². The Hall–Kier alpha value is 0.0900. The maximum atomic E-state index is 4.08. The molecule has 0 bridgehead atoms.